The van der Waals surface area contributed by atoms with Crippen molar-refractivity contribution >= 4 is 5.78 Å². The molecule has 2 nitrogen and oxygen atoms in total. The molecule has 0 radical (unpaired) electrons. The molecule has 1 aromatic carbocycles. The monoisotopic (exact) mass is 254 g/mol. The van der Waals surface area contributed by atoms with E-state index >= 15 is 0 Å². The lowest BCUT2D eigenvalue weighted by molar-refractivity contribution is -0.120. The van der Waals surface area contributed by atoms with Crippen molar-refractivity contribution in [2.75, 3.05) is 0 Å². The van der Waals surface area contributed by atoms with Crippen LogP contribution in [0.15, 0.2) is 35.9 Å². The van der Waals surface area contributed by atoms with Crippen LogP contribution in [0.3, 0.4) is 0 Å². The second-order valence-corrected chi connectivity index (χ2v) is 5.87. The van der Waals surface area contributed by atoms with Crippen molar-refractivity contribution in [1.29, 1.82) is 0 Å². The maximum Gasteiger partial charge on any atom is 0.165 e. The number of ether oxygens (including phenoxy) is 1. The molecule has 2 aliphatic heterocycles. The number of hydrogen-bond acceptors (Lipinski definition) is 2. The molecule has 3 aliphatic rings. The van der Waals surface area contributed by atoms with E-state index < -0.39 is 0 Å². The van der Waals surface area contributed by atoms with Crippen LogP contribution < -0.4 is 0 Å². The maximum atomic E-state index is 12.5. The highest BCUT2D eigenvalue weighted by molar-refractivity contribution is 6.01. The number of carbonyl (C=O) groups is 1. The van der Waals surface area contributed by atoms with E-state index in [0.29, 0.717) is 11.7 Å². The Hall–Kier alpha value is -1.41. The van der Waals surface area contributed by atoms with Crippen LogP contribution in [0.4, 0.5) is 0 Å². The van der Waals surface area contributed by atoms with Gasteiger partial charge in [0.1, 0.15) is 0 Å². The molecule has 0 aromatic heterocycles. The Morgan fingerprint density at radius 2 is 1.89 bits per heavy atom. The first-order chi connectivity index (χ1) is 9.31. The molecule has 1 aromatic rings. The minimum absolute atomic E-state index is 0.00840. The molecule has 2 heteroatoms. The normalized spacial score (nSPS) is 34.4. The van der Waals surface area contributed by atoms with Gasteiger partial charge in [0.15, 0.2) is 5.78 Å². The highest BCUT2D eigenvalue weighted by Crippen LogP contribution is 2.60. The van der Waals surface area contributed by atoms with E-state index in [1.54, 1.807) is 0 Å². The largest absolute Gasteiger partial charge is 0.364 e. The van der Waals surface area contributed by atoms with E-state index in [2.05, 4.69) is 31.2 Å². The molecule has 4 rings (SSSR count). The van der Waals surface area contributed by atoms with Crippen molar-refractivity contribution in [3.05, 3.63) is 47.0 Å². The van der Waals surface area contributed by atoms with Crippen molar-refractivity contribution < 1.29 is 9.53 Å². The van der Waals surface area contributed by atoms with E-state index in [9.17, 15) is 4.79 Å². The van der Waals surface area contributed by atoms with Crippen molar-refractivity contribution in [3.8, 4) is 0 Å². The Morgan fingerprint density at radius 3 is 2.63 bits per heavy atom. The lowest BCUT2D eigenvalue weighted by Gasteiger charge is -2.21. The average Bonchev–Trinajstić information content (AvgIpc) is 3.07. The number of Topliss-reactive ketones (excluding diaryl/α,β-unsaturated/α-hetero) is 1. The van der Waals surface area contributed by atoms with Crippen molar-refractivity contribution in [3.63, 3.8) is 0 Å². The summed E-state index contributed by atoms with van der Waals surface area (Å²) < 4.78 is 6.07. The van der Waals surface area contributed by atoms with E-state index in [0.717, 1.165) is 24.8 Å². The minimum atomic E-state index is 0.00840. The van der Waals surface area contributed by atoms with Gasteiger partial charge in [-0.3, -0.25) is 4.79 Å². The molecule has 19 heavy (non-hydrogen) atoms. The number of hydrogen-bond donors (Lipinski definition) is 0. The summed E-state index contributed by atoms with van der Waals surface area (Å²) in [6, 6.07) is 8.38. The summed E-state index contributed by atoms with van der Waals surface area (Å²) in [4.78, 5) is 12.5. The van der Waals surface area contributed by atoms with Gasteiger partial charge in [0.25, 0.3) is 0 Å². The molecule has 2 heterocycles. The van der Waals surface area contributed by atoms with Crippen LogP contribution >= 0.6 is 0 Å². The molecular weight excluding hydrogens is 236 g/mol. The average molecular weight is 254 g/mol. The zero-order valence-corrected chi connectivity index (χ0v) is 11.1. The first kappa shape index (κ1) is 11.4. The summed E-state index contributed by atoms with van der Waals surface area (Å²) in [7, 11) is 0. The number of benzene rings is 1. The van der Waals surface area contributed by atoms with Gasteiger partial charge in [0, 0.05) is 5.92 Å². The van der Waals surface area contributed by atoms with Gasteiger partial charge in [-0.25, -0.2) is 0 Å². The quantitative estimate of drug-likeness (QED) is 0.821. The van der Waals surface area contributed by atoms with Gasteiger partial charge in [-0.1, -0.05) is 43.7 Å². The SMILES string of the molecule is CCCCC1=C[C@@H]2[C@H](C1=O)[C@@H]1O[C@H]2c2ccccc21. The van der Waals surface area contributed by atoms with Gasteiger partial charge in [-0.2, -0.15) is 0 Å². The van der Waals surface area contributed by atoms with E-state index in [-0.39, 0.29) is 18.1 Å². The van der Waals surface area contributed by atoms with Crippen LogP contribution in [0.2, 0.25) is 0 Å². The third kappa shape index (κ3) is 1.44. The number of fused-ring (bicyclic) bond motifs is 8. The van der Waals surface area contributed by atoms with Gasteiger partial charge in [-0.15, -0.1) is 0 Å². The second-order valence-electron chi connectivity index (χ2n) is 5.87. The topological polar surface area (TPSA) is 26.3 Å². The molecule has 0 spiro atoms. The summed E-state index contributed by atoms with van der Waals surface area (Å²) in [5.41, 5.74) is 3.60. The third-order valence-electron chi connectivity index (χ3n) is 4.81. The third-order valence-corrected chi connectivity index (χ3v) is 4.81. The fourth-order valence-corrected chi connectivity index (χ4v) is 3.91. The molecule has 0 amide bonds. The first-order valence-corrected chi connectivity index (χ1v) is 7.30. The van der Waals surface area contributed by atoms with Gasteiger partial charge < -0.3 is 4.74 Å². The standard InChI is InChI=1S/C17H18O2/c1-2-3-6-10-9-13-14(15(10)18)17-12-8-5-4-7-11(12)16(13)19-17/h4-5,7-9,13-14,16-17H,2-3,6H2,1H3/t13-,14-,16+,17-/m1/s1. The summed E-state index contributed by atoms with van der Waals surface area (Å²) in [5, 5.41) is 0. The Bertz CT molecular complexity index is 572. The first-order valence-electron chi connectivity index (χ1n) is 7.30. The van der Waals surface area contributed by atoms with E-state index in [1.807, 2.05) is 6.07 Å². The number of ketones is 1. The highest BCUT2D eigenvalue weighted by Gasteiger charge is 2.57. The Labute approximate surface area is 113 Å². The Kier molecular flexibility index (Phi) is 2.43. The van der Waals surface area contributed by atoms with Crippen LogP contribution in [-0.4, -0.2) is 5.78 Å². The summed E-state index contributed by atoms with van der Waals surface area (Å²) in [6.45, 7) is 2.17. The smallest absolute Gasteiger partial charge is 0.165 e. The zero-order chi connectivity index (χ0) is 13.0. The van der Waals surface area contributed by atoms with Crippen LogP contribution in [0, 0.1) is 11.8 Å². The molecular formula is C17H18O2. The zero-order valence-electron chi connectivity index (χ0n) is 11.1. The van der Waals surface area contributed by atoms with Gasteiger partial charge >= 0.3 is 0 Å². The van der Waals surface area contributed by atoms with Crippen molar-refractivity contribution in [1.82, 2.24) is 0 Å². The fraction of sp³-hybridized carbons (Fsp3) is 0.471. The number of unbranched alkanes of at least 4 members (excludes halogenated alkanes) is 1. The number of carbonyl (C=O) groups excluding carboxylic acids is 1. The molecule has 98 valence electrons. The lowest BCUT2D eigenvalue weighted by Crippen LogP contribution is -2.23. The maximum absolute atomic E-state index is 12.5. The van der Waals surface area contributed by atoms with E-state index in [1.165, 1.54) is 11.1 Å². The molecule has 2 bridgehead atoms. The Balaban J connectivity index is 1.69. The fourth-order valence-electron chi connectivity index (χ4n) is 3.91. The molecule has 0 N–H and O–H groups in total. The Morgan fingerprint density at radius 1 is 1.16 bits per heavy atom. The van der Waals surface area contributed by atoms with Gasteiger partial charge in [0.05, 0.1) is 18.1 Å². The number of allylic oxidation sites excluding steroid dienone is 1. The molecule has 1 aliphatic carbocycles. The highest BCUT2D eigenvalue weighted by atomic mass is 16.5. The van der Waals surface area contributed by atoms with Crippen molar-refractivity contribution in [2.24, 2.45) is 11.8 Å². The van der Waals surface area contributed by atoms with Gasteiger partial charge in [-0.05, 0) is 29.5 Å². The predicted octanol–water partition coefficient (Wildman–Crippen LogP) is 3.74. The van der Waals surface area contributed by atoms with Crippen LogP contribution in [0.1, 0.15) is 49.5 Å². The molecule has 0 unspecified atom stereocenters. The summed E-state index contributed by atoms with van der Waals surface area (Å²) in [6.07, 6.45) is 5.54. The number of rotatable bonds is 3. The van der Waals surface area contributed by atoms with Crippen molar-refractivity contribution in [2.45, 2.75) is 38.4 Å². The summed E-state index contributed by atoms with van der Waals surface area (Å²) >= 11 is 0. The van der Waals surface area contributed by atoms with E-state index in [4.69, 9.17) is 4.74 Å². The predicted molar refractivity (Wildman–Crippen MR) is 72.6 cm³/mol. The van der Waals surface area contributed by atoms with Crippen LogP contribution in [0.5, 0.6) is 0 Å². The molecule has 1 saturated heterocycles. The van der Waals surface area contributed by atoms with Crippen LogP contribution in [0.25, 0.3) is 0 Å². The van der Waals surface area contributed by atoms with Gasteiger partial charge in [0.2, 0.25) is 0 Å². The summed E-state index contributed by atoms with van der Waals surface area (Å²) in [5.74, 6) is 0.700. The second kappa shape index (κ2) is 4.04. The minimum Gasteiger partial charge on any atom is -0.364 e. The molecule has 1 fully saturated rings. The molecule has 0 saturated carbocycles. The lowest BCUT2D eigenvalue weighted by atomic mass is 9.77. The molecule has 4 atom stereocenters. The van der Waals surface area contributed by atoms with Crippen LogP contribution in [-0.2, 0) is 9.53 Å².